The highest BCUT2D eigenvalue weighted by Gasteiger charge is 2.54. The minimum absolute atomic E-state index is 0.000172. The van der Waals surface area contributed by atoms with Crippen molar-refractivity contribution in [2.24, 2.45) is 0 Å². The monoisotopic (exact) mass is 413 g/mol. The topological polar surface area (TPSA) is 128 Å². The van der Waals surface area contributed by atoms with Crippen LogP contribution < -0.4 is 5.32 Å². The normalized spacial score (nSPS) is 20.7. The van der Waals surface area contributed by atoms with Crippen LogP contribution in [0.25, 0.3) is 0 Å². The van der Waals surface area contributed by atoms with Crippen molar-refractivity contribution in [1.29, 1.82) is 0 Å². The molecule has 2 heterocycles. The molecule has 0 spiro atoms. The van der Waals surface area contributed by atoms with E-state index in [0.29, 0.717) is 0 Å². The summed E-state index contributed by atoms with van der Waals surface area (Å²) in [7, 11) is 2.37. The number of carboxylic acid groups (broad SMARTS) is 1. The summed E-state index contributed by atoms with van der Waals surface area (Å²) < 4.78 is 15.2. The van der Waals surface area contributed by atoms with Gasteiger partial charge in [-0.2, -0.15) is 0 Å². The Bertz CT molecular complexity index is 667. The van der Waals surface area contributed by atoms with Crippen molar-refractivity contribution >= 4 is 23.8 Å². The fourth-order valence-electron chi connectivity index (χ4n) is 2.84. The van der Waals surface area contributed by atoms with Gasteiger partial charge in [0, 0.05) is 12.8 Å². The van der Waals surface area contributed by atoms with Gasteiger partial charge in [0.05, 0.1) is 31.9 Å². The maximum atomic E-state index is 12.2. The molecule has 2 aliphatic rings. The Balaban J connectivity index is 0.00000184. The predicted octanol–water partition coefficient (Wildman–Crippen LogP) is 1.76. The second-order valence-electron chi connectivity index (χ2n) is 5.58. The number of esters is 2. The van der Waals surface area contributed by atoms with Crippen LogP contribution in [0.3, 0.4) is 0 Å². The van der Waals surface area contributed by atoms with Crippen LogP contribution in [-0.2, 0) is 33.4 Å². The van der Waals surface area contributed by atoms with Crippen LogP contribution in [-0.4, -0.2) is 61.4 Å². The van der Waals surface area contributed by atoms with E-state index in [1.807, 2.05) is 27.7 Å². The Labute approximate surface area is 171 Å². The third kappa shape index (κ3) is 6.42. The molecule has 0 aromatic heterocycles. The number of ether oxygens (including phenoxy) is 3. The molecule has 0 fully saturated rings. The van der Waals surface area contributed by atoms with Gasteiger partial charge in [-0.1, -0.05) is 33.8 Å². The lowest BCUT2D eigenvalue weighted by atomic mass is 9.86. The summed E-state index contributed by atoms with van der Waals surface area (Å²) in [5, 5.41) is 11.2. The largest absolute Gasteiger partial charge is 0.481 e. The number of aliphatic carboxylic acids is 1. The molecule has 2 bridgehead atoms. The van der Waals surface area contributed by atoms with Crippen LogP contribution in [0.15, 0.2) is 23.3 Å². The fraction of sp³-hybridized carbons (Fsp3) is 0.600. The molecular weight excluding hydrogens is 382 g/mol. The van der Waals surface area contributed by atoms with Gasteiger partial charge in [-0.15, -0.1) is 0 Å². The predicted molar refractivity (Wildman–Crippen MR) is 105 cm³/mol. The first-order chi connectivity index (χ1) is 13.8. The number of carbonyl (C=O) groups excluding carboxylic acids is 3. The van der Waals surface area contributed by atoms with E-state index in [4.69, 9.17) is 19.3 Å². The van der Waals surface area contributed by atoms with E-state index in [2.05, 4.69) is 5.32 Å². The second-order valence-corrected chi connectivity index (χ2v) is 5.58. The Kier molecular flexibility index (Phi) is 11.5. The number of amides is 1. The summed E-state index contributed by atoms with van der Waals surface area (Å²) in [4.78, 5) is 46.5. The average molecular weight is 413 g/mol. The first-order valence-electron chi connectivity index (χ1n) is 9.61. The minimum atomic E-state index is -1.30. The van der Waals surface area contributed by atoms with Crippen LogP contribution in [0.2, 0.25) is 0 Å². The van der Waals surface area contributed by atoms with Crippen molar-refractivity contribution in [2.75, 3.05) is 20.8 Å². The van der Waals surface area contributed by atoms with Crippen molar-refractivity contribution in [3.8, 4) is 0 Å². The van der Waals surface area contributed by atoms with Gasteiger partial charge in [-0.3, -0.25) is 9.59 Å². The first-order valence-corrected chi connectivity index (χ1v) is 9.61. The molecule has 0 aliphatic carbocycles. The molecule has 9 heteroatoms. The van der Waals surface area contributed by atoms with Crippen molar-refractivity contribution in [3.05, 3.63) is 23.3 Å². The summed E-state index contributed by atoms with van der Waals surface area (Å²) in [5.74, 6) is -2.81. The Hall–Kier alpha value is -2.68. The molecule has 0 aromatic carbocycles. The van der Waals surface area contributed by atoms with Gasteiger partial charge in [-0.05, 0) is 12.5 Å². The molecule has 2 aliphatic heterocycles. The number of fused-ring (bicyclic) bond motifs is 2. The van der Waals surface area contributed by atoms with Gasteiger partial charge in [0.1, 0.15) is 11.7 Å². The van der Waals surface area contributed by atoms with Gasteiger partial charge >= 0.3 is 17.9 Å². The molecule has 2 N–H and O–H groups in total. The van der Waals surface area contributed by atoms with Crippen molar-refractivity contribution in [2.45, 2.75) is 58.7 Å². The molecule has 0 aromatic rings. The van der Waals surface area contributed by atoms with E-state index < -0.39 is 29.6 Å². The molecular formula is C20H31NO8. The van der Waals surface area contributed by atoms with Crippen LogP contribution in [0.1, 0.15) is 47.0 Å². The van der Waals surface area contributed by atoms with Crippen molar-refractivity contribution < 1.29 is 38.5 Å². The number of carboxylic acids is 1. The molecule has 0 saturated carbocycles. The van der Waals surface area contributed by atoms with Crippen molar-refractivity contribution in [1.82, 2.24) is 5.32 Å². The summed E-state index contributed by atoms with van der Waals surface area (Å²) >= 11 is 0. The van der Waals surface area contributed by atoms with E-state index in [0.717, 1.165) is 0 Å². The third-order valence-electron chi connectivity index (χ3n) is 3.99. The summed E-state index contributed by atoms with van der Waals surface area (Å²) in [6.07, 6.45) is 2.56. The number of hydrogen-bond acceptors (Lipinski definition) is 7. The Morgan fingerprint density at radius 3 is 2.17 bits per heavy atom. The molecule has 2 rings (SSSR count). The Morgan fingerprint density at radius 2 is 1.66 bits per heavy atom. The fourth-order valence-corrected chi connectivity index (χ4v) is 2.84. The molecule has 0 saturated heterocycles. The molecule has 29 heavy (non-hydrogen) atoms. The molecule has 0 radical (unpaired) electrons. The van der Waals surface area contributed by atoms with E-state index in [1.165, 1.54) is 14.2 Å². The van der Waals surface area contributed by atoms with Crippen molar-refractivity contribution in [3.63, 3.8) is 0 Å². The van der Waals surface area contributed by atoms with Crippen LogP contribution >= 0.6 is 0 Å². The molecule has 9 nitrogen and oxygen atoms in total. The van der Waals surface area contributed by atoms with Crippen LogP contribution in [0, 0.1) is 0 Å². The SMILES string of the molecule is CC.CC.COC(=O)C1=C(C(=O)OC)C2(CNC(=O)CCCC(=O)O)C=CC1O2. The standard InChI is InChI=1S/C16H19NO8.2C2H6/c1-23-14(21)12-9-6-7-16(25-9,13(12)15(22)24-2)8-17-10(18)4-3-5-11(19)20;2*1-2/h6-7,9H,3-5,8H2,1-2H3,(H,17,18)(H,19,20);2*1-2H3. The van der Waals surface area contributed by atoms with Gasteiger partial charge < -0.3 is 24.6 Å². The van der Waals surface area contributed by atoms with Gasteiger partial charge in [0.15, 0.2) is 0 Å². The third-order valence-corrected chi connectivity index (χ3v) is 3.99. The number of nitrogens with one attached hydrogen (secondary N) is 1. The quantitative estimate of drug-likeness (QED) is 0.455. The average Bonchev–Trinajstić information content (AvgIpc) is 3.30. The zero-order chi connectivity index (χ0) is 22.6. The molecule has 164 valence electrons. The molecule has 1 amide bonds. The summed E-state index contributed by atoms with van der Waals surface area (Å²) in [6.45, 7) is 7.91. The van der Waals surface area contributed by atoms with Crippen LogP contribution in [0.4, 0.5) is 0 Å². The second kappa shape index (κ2) is 12.7. The van der Waals surface area contributed by atoms with E-state index in [-0.39, 0.29) is 42.9 Å². The summed E-state index contributed by atoms with van der Waals surface area (Å²) in [6, 6.07) is 0. The maximum absolute atomic E-state index is 12.2. The highest BCUT2D eigenvalue weighted by atomic mass is 16.6. The zero-order valence-corrected chi connectivity index (χ0v) is 17.9. The van der Waals surface area contributed by atoms with E-state index in [9.17, 15) is 19.2 Å². The lowest BCUT2D eigenvalue weighted by molar-refractivity contribution is -0.139. The van der Waals surface area contributed by atoms with Gasteiger partial charge in [0.25, 0.3) is 0 Å². The number of hydrogen-bond donors (Lipinski definition) is 2. The first kappa shape index (κ1) is 26.3. The van der Waals surface area contributed by atoms with Gasteiger partial charge in [0.2, 0.25) is 5.91 Å². The zero-order valence-electron chi connectivity index (χ0n) is 17.9. The number of methoxy groups -OCH3 is 2. The van der Waals surface area contributed by atoms with Crippen LogP contribution in [0.5, 0.6) is 0 Å². The molecule has 2 unspecified atom stereocenters. The molecule has 2 atom stereocenters. The lowest BCUT2D eigenvalue weighted by Gasteiger charge is -2.25. The lowest BCUT2D eigenvalue weighted by Crippen LogP contribution is -2.44. The van der Waals surface area contributed by atoms with E-state index in [1.54, 1.807) is 12.2 Å². The van der Waals surface area contributed by atoms with Gasteiger partial charge in [-0.25, -0.2) is 9.59 Å². The highest BCUT2D eigenvalue weighted by molar-refractivity contribution is 6.05. The minimum Gasteiger partial charge on any atom is -0.481 e. The highest BCUT2D eigenvalue weighted by Crippen LogP contribution is 2.43. The summed E-state index contributed by atoms with van der Waals surface area (Å²) in [5.41, 5.74) is -1.25. The van der Waals surface area contributed by atoms with E-state index >= 15 is 0 Å². The number of carbonyl (C=O) groups is 4. The Morgan fingerprint density at radius 1 is 1.07 bits per heavy atom. The number of rotatable bonds is 8. The smallest absolute Gasteiger partial charge is 0.337 e. The maximum Gasteiger partial charge on any atom is 0.337 e.